The second kappa shape index (κ2) is 3.09. The predicted molar refractivity (Wildman–Crippen MR) is 60.5 cm³/mol. The van der Waals surface area contributed by atoms with Crippen molar-refractivity contribution >= 4 is 0 Å². The summed E-state index contributed by atoms with van der Waals surface area (Å²) >= 11 is 0. The minimum Gasteiger partial charge on any atom is -0.325 e. The van der Waals surface area contributed by atoms with Gasteiger partial charge in [0.1, 0.15) is 0 Å². The average molecular weight is 189 g/mol. The Morgan fingerprint density at radius 2 is 1.79 bits per heavy atom. The van der Waals surface area contributed by atoms with Gasteiger partial charge in [-0.3, -0.25) is 0 Å². The summed E-state index contributed by atoms with van der Waals surface area (Å²) in [5.41, 5.74) is 11.9. The Morgan fingerprint density at radius 1 is 1.14 bits per heavy atom. The van der Waals surface area contributed by atoms with Crippen molar-refractivity contribution < 1.29 is 0 Å². The summed E-state index contributed by atoms with van der Waals surface area (Å²) in [7, 11) is 0. The second-order valence-electron chi connectivity index (χ2n) is 4.83. The van der Waals surface area contributed by atoms with Crippen molar-refractivity contribution in [2.75, 3.05) is 0 Å². The zero-order valence-electron chi connectivity index (χ0n) is 9.35. The highest BCUT2D eigenvalue weighted by atomic mass is 14.8. The van der Waals surface area contributed by atoms with Gasteiger partial charge in [-0.2, -0.15) is 0 Å². The third-order valence-electron chi connectivity index (χ3n) is 3.60. The van der Waals surface area contributed by atoms with Gasteiger partial charge < -0.3 is 5.73 Å². The summed E-state index contributed by atoms with van der Waals surface area (Å²) in [4.78, 5) is 0. The SMILES string of the molecule is Cc1ccc(CC2(N)CC2)c(C)c1C. The smallest absolute Gasteiger partial charge is 0.0196 e. The van der Waals surface area contributed by atoms with E-state index in [4.69, 9.17) is 5.73 Å². The Hall–Kier alpha value is -0.820. The molecule has 0 heterocycles. The molecule has 0 spiro atoms. The van der Waals surface area contributed by atoms with Gasteiger partial charge in [0.25, 0.3) is 0 Å². The van der Waals surface area contributed by atoms with Crippen LogP contribution < -0.4 is 5.73 Å². The fourth-order valence-electron chi connectivity index (χ4n) is 1.92. The molecule has 2 N–H and O–H groups in total. The molecule has 14 heavy (non-hydrogen) atoms. The first-order chi connectivity index (χ1) is 6.52. The largest absolute Gasteiger partial charge is 0.325 e. The van der Waals surface area contributed by atoms with Crippen LogP contribution in [0.4, 0.5) is 0 Å². The maximum atomic E-state index is 6.14. The van der Waals surface area contributed by atoms with E-state index in [1.807, 2.05) is 0 Å². The molecular formula is C13H19N. The Balaban J connectivity index is 2.30. The number of hydrogen-bond acceptors (Lipinski definition) is 1. The summed E-state index contributed by atoms with van der Waals surface area (Å²) in [5.74, 6) is 0. The van der Waals surface area contributed by atoms with Gasteiger partial charge in [-0.15, -0.1) is 0 Å². The molecule has 0 saturated heterocycles. The van der Waals surface area contributed by atoms with Crippen molar-refractivity contribution in [1.29, 1.82) is 0 Å². The Morgan fingerprint density at radius 3 is 2.36 bits per heavy atom. The van der Waals surface area contributed by atoms with E-state index >= 15 is 0 Å². The van der Waals surface area contributed by atoms with Crippen LogP contribution in [0.5, 0.6) is 0 Å². The van der Waals surface area contributed by atoms with Gasteiger partial charge in [-0.1, -0.05) is 12.1 Å². The van der Waals surface area contributed by atoms with Crippen LogP contribution in [0.3, 0.4) is 0 Å². The first-order valence-corrected chi connectivity index (χ1v) is 5.36. The maximum Gasteiger partial charge on any atom is 0.0196 e. The molecular weight excluding hydrogens is 170 g/mol. The molecule has 0 amide bonds. The molecule has 0 unspecified atom stereocenters. The summed E-state index contributed by atoms with van der Waals surface area (Å²) in [5, 5.41) is 0. The molecule has 1 fully saturated rings. The molecule has 1 aromatic rings. The van der Waals surface area contributed by atoms with Gasteiger partial charge in [0.2, 0.25) is 0 Å². The van der Waals surface area contributed by atoms with Gasteiger partial charge in [0, 0.05) is 5.54 Å². The van der Waals surface area contributed by atoms with Crippen LogP contribution in [-0.4, -0.2) is 5.54 Å². The Labute approximate surface area is 86.3 Å². The number of nitrogens with two attached hydrogens (primary N) is 1. The fraction of sp³-hybridized carbons (Fsp3) is 0.538. The van der Waals surface area contributed by atoms with Crippen molar-refractivity contribution in [2.24, 2.45) is 5.73 Å². The van der Waals surface area contributed by atoms with Gasteiger partial charge in [-0.25, -0.2) is 0 Å². The predicted octanol–water partition coefficient (Wildman–Crippen LogP) is 2.65. The van der Waals surface area contributed by atoms with Crippen molar-refractivity contribution in [3.05, 3.63) is 34.4 Å². The first kappa shape index (κ1) is 9.72. The van der Waals surface area contributed by atoms with Gasteiger partial charge in [0.15, 0.2) is 0 Å². The summed E-state index contributed by atoms with van der Waals surface area (Å²) in [6.07, 6.45) is 3.44. The van der Waals surface area contributed by atoms with E-state index in [9.17, 15) is 0 Å². The van der Waals surface area contributed by atoms with Crippen LogP contribution in [0.1, 0.15) is 35.1 Å². The van der Waals surface area contributed by atoms with E-state index in [-0.39, 0.29) is 5.54 Å². The molecule has 1 aliphatic carbocycles. The van der Waals surface area contributed by atoms with E-state index in [1.165, 1.54) is 35.1 Å². The van der Waals surface area contributed by atoms with E-state index in [0.717, 1.165) is 6.42 Å². The van der Waals surface area contributed by atoms with E-state index < -0.39 is 0 Å². The highest BCUT2D eigenvalue weighted by Gasteiger charge is 2.38. The molecule has 0 aliphatic heterocycles. The molecule has 1 aromatic carbocycles. The van der Waals surface area contributed by atoms with Crippen molar-refractivity contribution in [3.8, 4) is 0 Å². The van der Waals surface area contributed by atoms with Crippen LogP contribution in [0.25, 0.3) is 0 Å². The lowest BCUT2D eigenvalue weighted by atomic mass is 9.94. The normalized spacial score (nSPS) is 18.3. The molecule has 0 atom stereocenters. The second-order valence-corrected chi connectivity index (χ2v) is 4.83. The number of aryl methyl sites for hydroxylation is 1. The topological polar surface area (TPSA) is 26.0 Å². The summed E-state index contributed by atoms with van der Waals surface area (Å²) in [6.45, 7) is 6.58. The molecule has 1 heteroatoms. The van der Waals surface area contributed by atoms with E-state index in [2.05, 4.69) is 32.9 Å². The third-order valence-corrected chi connectivity index (χ3v) is 3.60. The number of rotatable bonds is 2. The lowest BCUT2D eigenvalue weighted by Crippen LogP contribution is -2.25. The van der Waals surface area contributed by atoms with Crippen molar-refractivity contribution in [1.82, 2.24) is 0 Å². The average Bonchev–Trinajstić information content (AvgIpc) is 2.86. The Bertz CT molecular complexity index is 362. The number of hydrogen-bond donors (Lipinski definition) is 1. The Kier molecular flexibility index (Phi) is 2.15. The first-order valence-electron chi connectivity index (χ1n) is 5.36. The minimum absolute atomic E-state index is 0.131. The molecule has 76 valence electrons. The van der Waals surface area contributed by atoms with Crippen molar-refractivity contribution in [2.45, 2.75) is 45.6 Å². The maximum absolute atomic E-state index is 6.14. The summed E-state index contributed by atoms with van der Waals surface area (Å²) in [6, 6.07) is 4.45. The summed E-state index contributed by atoms with van der Waals surface area (Å²) < 4.78 is 0. The molecule has 1 nitrogen and oxygen atoms in total. The minimum atomic E-state index is 0.131. The van der Waals surface area contributed by atoms with Gasteiger partial charge in [0.05, 0.1) is 0 Å². The highest BCUT2D eigenvalue weighted by molar-refractivity contribution is 5.40. The monoisotopic (exact) mass is 189 g/mol. The standard InChI is InChI=1S/C13H19N/c1-9-4-5-12(11(3)10(9)2)8-13(14)6-7-13/h4-5H,6-8,14H2,1-3H3. The molecule has 1 saturated carbocycles. The molecule has 2 rings (SSSR count). The fourth-order valence-corrected chi connectivity index (χ4v) is 1.92. The van der Waals surface area contributed by atoms with Gasteiger partial charge >= 0.3 is 0 Å². The third kappa shape index (κ3) is 1.69. The van der Waals surface area contributed by atoms with Crippen molar-refractivity contribution in [3.63, 3.8) is 0 Å². The van der Waals surface area contributed by atoms with Crippen LogP contribution in [0, 0.1) is 20.8 Å². The molecule has 0 aromatic heterocycles. The number of benzene rings is 1. The van der Waals surface area contributed by atoms with Crippen LogP contribution in [-0.2, 0) is 6.42 Å². The van der Waals surface area contributed by atoms with Gasteiger partial charge in [-0.05, 0) is 62.3 Å². The van der Waals surface area contributed by atoms with Crippen LogP contribution in [0.2, 0.25) is 0 Å². The quantitative estimate of drug-likeness (QED) is 0.760. The zero-order valence-corrected chi connectivity index (χ0v) is 9.35. The highest BCUT2D eigenvalue weighted by Crippen LogP contribution is 2.36. The van der Waals surface area contributed by atoms with Crippen LogP contribution >= 0.6 is 0 Å². The zero-order chi connectivity index (χ0) is 10.3. The lowest BCUT2D eigenvalue weighted by Gasteiger charge is -2.14. The molecule has 1 aliphatic rings. The molecule has 0 radical (unpaired) electrons. The van der Waals surface area contributed by atoms with E-state index in [0.29, 0.717) is 0 Å². The lowest BCUT2D eigenvalue weighted by molar-refractivity contribution is 0.669. The van der Waals surface area contributed by atoms with E-state index in [1.54, 1.807) is 0 Å². The van der Waals surface area contributed by atoms with Crippen LogP contribution in [0.15, 0.2) is 12.1 Å². The molecule has 0 bridgehead atoms.